The number of hydrogen-bond acceptors (Lipinski definition) is 5. The molecule has 1 aliphatic carbocycles. The standard InChI is InChI=1S/C12H10F3N3OS/c13-12(14,15)9(19)11(17)2-1-5-3-8-7(4-6(5)11)18-10(16)20-8/h3-4H,1-2,17H2,(H2,16,18). The van der Waals surface area contributed by atoms with Gasteiger partial charge in [-0.1, -0.05) is 11.3 Å². The molecular weight excluding hydrogens is 291 g/mol. The maximum Gasteiger partial charge on any atom is 0.452 e. The highest BCUT2D eigenvalue weighted by molar-refractivity contribution is 7.22. The molecule has 1 aliphatic rings. The molecule has 0 saturated heterocycles. The molecule has 1 unspecified atom stereocenters. The summed E-state index contributed by atoms with van der Waals surface area (Å²) in [6, 6.07) is 3.17. The highest BCUT2D eigenvalue weighted by Gasteiger charge is 2.54. The van der Waals surface area contributed by atoms with Crippen LogP contribution in [0.3, 0.4) is 0 Å². The molecule has 1 atom stereocenters. The van der Waals surface area contributed by atoms with E-state index in [0.29, 0.717) is 22.6 Å². The van der Waals surface area contributed by atoms with E-state index in [0.717, 1.165) is 4.70 Å². The summed E-state index contributed by atoms with van der Waals surface area (Å²) < 4.78 is 38.9. The maximum absolute atomic E-state index is 12.7. The number of alkyl halides is 3. The third-order valence-corrected chi connectivity index (χ3v) is 4.41. The van der Waals surface area contributed by atoms with Gasteiger partial charge in [0.15, 0.2) is 5.13 Å². The monoisotopic (exact) mass is 301 g/mol. The number of aryl methyl sites for hydroxylation is 1. The normalized spacial score (nSPS) is 22.2. The van der Waals surface area contributed by atoms with E-state index in [4.69, 9.17) is 11.5 Å². The molecule has 4 nitrogen and oxygen atoms in total. The van der Waals surface area contributed by atoms with Crippen LogP contribution in [0.4, 0.5) is 18.3 Å². The van der Waals surface area contributed by atoms with Gasteiger partial charge in [-0.3, -0.25) is 4.79 Å². The first-order valence-corrected chi connectivity index (χ1v) is 6.63. The first-order chi connectivity index (χ1) is 9.22. The van der Waals surface area contributed by atoms with Crippen molar-refractivity contribution in [1.29, 1.82) is 0 Å². The zero-order valence-electron chi connectivity index (χ0n) is 10.1. The van der Waals surface area contributed by atoms with Crippen LogP contribution in [0.1, 0.15) is 17.5 Å². The van der Waals surface area contributed by atoms with Crippen molar-refractivity contribution >= 4 is 32.5 Å². The highest BCUT2D eigenvalue weighted by Crippen LogP contribution is 2.42. The van der Waals surface area contributed by atoms with Crippen LogP contribution in [0.15, 0.2) is 12.1 Å². The number of aromatic nitrogens is 1. The summed E-state index contributed by atoms with van der Waals surface area (Å²) >= 11 is 1.25. The SMILES string of the molecule is Nc1nc2cc3c(cc2s1)CCC3(N)C(=O)C(F)(F)F. The van der Waals surface area contributed by atoms with Gasteiger partial charge in [0.2, 0.25) is 0 Å². The van der Waals surface area contributed by atoms with Crippen molar-refractivity contribution in [3.63, 3.8) is 0 Å². The first-order valence-electron chi connectivity index (χ1n) is 5.82. The molecule has 106 valence electrons. The fourth-order valence-electron chi connectivity index (χ4n) is 2.61. The van der Waals surface area contributed by atoms with Crippen molar-refractivity contribution in [2.75, 3.05) is 5.73 Å². The average Bonchev–Trinajstić information content (AvgIpc) is 2.85. The molecule has 20 heavy (non-hydrogen) atoms. The van der Waals surface area contributed by atoms with Crippen LogP contribution in [0.2, 0.25) is 0 Å². The lowest BCUT2D eigenvalue weighted by Gasteiger charge is -2.24. The minimum atomic E-state index is -4.95. The average molecular weight is 301 g/mol. The Morgan fingerprint density at radius 3 is 2.75 bits per heavy atom. The van der Waals surface area contributed by atoms with Gasteiger partial charge in [0, 0.05) is 0 Å². The van der Waals surface area contributed by atoms with E-state index < -0.39 is 17.5 Å². The number of benzene rings is 1. The lowest BCUT2D eigenvalue weighted by atomic mass is 9.88. The van der Waals surface area contributed by atoms with E-state index in [1.165, 1.54) is 17.4 Å². The molecule has 8 heteroatoms. The molecule has 1 aromatic carbocycles. The van der Waals surface area contributed by atoms with Gasteiger partial charge in [0.05, 0.1) is 10.2 Å². The van der Waals surface area contributed by atoms with Gasteiger partial charge in [0.25, 0.3) is 5.78 Å². The van der Waals surface area contributed by atoms with E-state index in [-0.39, 0.29) is 12.0 Å². The molecule has 0 fully saturated rings. The van der Waals surface area contributed by atoms with Crippen molar-refractivity contribution < 1.29 is 18.0 Å². The van der Waals surface area contributed by atoms with Gasteiger partial charge < -0.3 is 11.5 Å². The Labute approximate surface area is 115 Å². The molecule has 0 saturated carbocycles. The topological polar surface area (TPSA) is 82.0 Å². The van der Waals surface area contributed by atoms with Gasteiger partial charge >= 0.3 is 6.18 Å². The van der Waals surface area contributed by atoms with E-state index >= 15 is 0 Å². The Balaban J connectivity index is 2.17. The van der Waals surface area contributed by atoms with E-state index in [2.05, 4.69) is 4.98 Å². The smallest absolute Gasteiger partial charge is 0.375 e. The summed E-state index contributed by atoms with van der Waals surface area (Å²) in [6.07, 6.45) is -4.67. The van der Waals surface area contributed by atoms with E-state index in [9.17, 15) is 18.0 Å². The summed E-state index contributed by atoms with van der Waals surface area (Å²) in [7, 11) is 0. The summed E-state index contributed by atoms with van der Waals surface area (Å²) in [4.78, 5) is 15.6. The minimum absolute atomic E-state index is 0.0482. The minimum Gasteiger partial charge on any atom is -0.375 e. The van der Waals surface area contributed by atoms with Crippen LogP contribution in [-0.4, -0.2) is 16.9 Å². The molecule has 4 N–H and O–H groups in total. The first kappa shape index (κ1) is 13.3. The second-order valence-electron chi connectivity index (χ2n) is 4.83. The Bertz CT molecular complexity index is 725. The van der Waals surface area contributed by atoms with Crippen molar-refractivity contribution in [3.8, 4) is 0 Å². The van der Waals surface area contributed by atoms with Crippen molar-refractivity contribution in [3.05, 3.63) is 23.3 Å². The number of nitrogens with zero attached hydrogens (tertiary/aromatic N) is 1. The summed E-state index contributed by atoms with van der Waals surface area (Å²) in [5.74, 6) is -1.91. The number of ketones is 1. The number of Topliss-reactive ketones (excluding diaryl/α,β-unsaturated/α-hetero) is 1. The molecule has 1 heterocycles. The zero-order valence-corrected chi connectivity index (χ0v) is 10.9. The fourth-order valence-corrected chi connectivity index (χ4v) is 3.39. The van der Waals surface area contributed by atoms with Crippen LogP contribution >= 0.6 is 11.3 Å². The molecule has 0 aliphatic heterocycles. The van der Waals surface area contributed by atoms with Crippen molar-refractivity contribution in [1.82, 2.24) is 4.98 Å². The third kappa shape index (κ3) is 1.79. The van der Waals surface area contributed by atoms with Crippen LogP contribution in [0, 0.1) is 0 Å². The van der Waals surface area contributed by atoms with Crippen LogP contribution in [0.25, 0.3) is 10.2 Å². The number of carbonyl (C=O) groups is 1. The second kappa shape index (κ2) is 3.92. The van der Waals surface area contributed by atoms with Crippen LogP contribution in [0.5, 0.6) is 0 Å². The number of nitrogens with two attached hydrogens (primary N) is 2. The van der Waals surface area contributed by atoms with E-state index in [1.54, 1.807) is 6.07 Å². The van der Waals surface area contributed by atoms with Crippen molar-refractivity contribution in [2.45, 2.75) is 24.6 Å². The lowest BCUT2D eigenvalue weighted by Crippen LogP contribution is -2.49. The number of thiazole rings is 1. The number of rotatable bonds is 1. The predicted molar refractivity (Wildman–Crippen MR) is 69.3 cm³/mol. The lowest BCUT2D eigenvalue weighted by molar-refractivity contribution is -0.177. The number of halogens is 3. The van der Waals surface area contributed by atoms with Gasteiger partial charge in [-0.25, -0.2) is 4.98 Å². The molecule has 0 bridgehead atoms. The van der Waals surface area contributed by atoms with E-state index in [1.807, 2.05) is 0 Å². The molecular formula is C12H10F3N3OS. The number of anilines is 1. The second-order valence-corrected chi connectivity index (χ2v) is 5.89. The zero-order chi connectivity index (χ0) is 14.7. The van der Waals surface area contributed by atoms with Gasteiger partial charge in [0.1, 0.15) is 5.54 Å². The maximum atomic E-state index is 12.7. The fraction of sp³-hybridized carbons (Fsp3) is 0.333. The Hall–Kier alpha value is -1.67. The summed E-state index contributed by atoms with van der Waals surface area (Å²) in [5.41, 5.74) is 10.7. The molecule has 1 aromatic heterocycles. The summed E-state index contributed by atoms with van der Waals surface area (Å²) in [6.45, 7) is 0. The Morgan fingerprint density at radius 2 is 2.10 bits per heavy atom. The van der Waals surface area contributed by atoms with Gasteiger partial charge in [-0.2, -0.15) is 13.2 Å². The molecule has 0 spiro atoms. The number of fused-ring (bicyclic) bond motifs is 2. The molecule has 0 radical (unpaired) electrons. The molecule has 3 rings (SSSR count). The quantitative estimate of drug-likeness (QED) is 0.845. The predicted octanol–water partition coefficient (Wildman–Crippen LogP) is 2.11. The van der Waals surface area contributed by atoms with Crippen LogP contribution in [-0.2, 0) is 16.8 Å². The molecule has 2 aromatic rings. The molecule has 0 amide bonds. The highest BCUT2D eigenvalue weighted by atomic mass is 32.1. The number of nitrogen functional groups attached to an aromatic ring is 1. The number of hydrogen-bond donors (Lipinski definition) is 2. The van der Waals surface area contributed by atoms with Gasteiger partial charge in [-0.05, 0) is 36.1 Å². The third-order valence-electron chi connectivity index (χ3n) is 3.56. The Morgan fingerprint density at radius 1 is 1.40 bits per heavy atom. The van der Waals surface area contributed by atoms with Crippen molar-refractivity contribution in [2.24, 2.45) is 5.73 Å². The number of carbonyl (C=O) groups excluding carboxylic acids is 1. The Kier molecular flexibility index (Phi) is 2.61. The summed E-state index contributed by atoms with van der Waals surface area (Å²) in [5, 5.41) is 0.327. The van der Waals surface area contributed by atoms with Crippen LogP contribution < -0.4 is 11.5 Å². The largest absolute Gasteiger partial charge is 0.452 e. The van der Waals surface area contributed by atoms with Gasteiger partial charge in [-0.15, -0.1) is 0 Å².